The van der Waals surface area contributed by atoms with Gasteiger partial charge in [-0.2, -0.15) is 0 Å². The van der Waals surface area contributed by atoms with Crippen LogP contribution in [0, 0.1) is 0 Å². The predicted molar refractivity (Wildman–Crippen MR) is 270 cm³/mol. The van der Waals surface area contributed by atoms with E-state index in [1.807, 2.05) is 0 Å². The number of esters is 3. The first kappa shape index (κ1) is 60.1. The molecule has 6 nitrogen and oxygen atoms in total. The Balaban J connectivity index is 4.46. The van der Waals surface area contributed by atoms with Gasteiger partial charge in [0, 0.05) is 19.3 Å². The van der Waals surface area contributed by atoms with Crippen LogP contribution in [0.25, 0.3) is 0 Å². The number of allylic oxidation sites excluding steroid dienone is 10. The summed E-state index contributed by atoms with van der Waals surface area (Å²) in [5.74, 6) is -0.956. The van der Waals surface area contributed by atoms with Gasteiger partial charge >= 0.3 is 17.9 Å². The van der Waals surface area contributed by atoms with Crippen molar-refractivity contribution in [3.8, 4) is 0 Å². The molecule has 0 aliphatic carbocycles. The molecule has 0 rings (SSSR count). The molecule has 0 fully saturated rings. The van der Waals surface area contributed by atoms with Crippen LogP contribution in [-0.2, 0) is 28.6 Å². The van der Waals surface area contributed by atoms with Crippen molar-refractivity contribution in [1.29, 1.82) is 0 Å². The third-order valence-corrected chi connectivity index (χ3v) is 11.5. The van der Waals surface area contributed by atoms with E-state index >= 15 is 0 Å². The van der Waals surface area contributed by atoms with Crippen LogP contribution in [0.5, 0.6) is 0 Å². The van der Waals surface area contributed by atoms with E-state index in [2.05, 4.69) is 81.5 Å². The van der Waals surface area contributed by atoms with Gasteiger partial charge < -0.3 is 14.2 Å². The zero-order chi connectivity index (χ0) is 45.8. The van der Waals surface area contributed by atoms with Crippen LogP contribution in [0.1, 0.15) is 265 Å². The molecule has 0 saturated heterocycles. The maximum atomic E-state index is 12.8. The average Bonchev–Trinajstić information content (AvgIpc) is 3.28. The second-order valence-corrected chi connectivity index (χ2v) is 17.8. The minimum absolute atomic E-state index is 0.0936. The molecule has 63 heavy (non-hydrogen) atoms. The van der Waals surface area contributed by atoms with Gasteiger partial charge in [-0.05, 0) is 83.5 Å². The normalized spacial score (nSPS) is 12.5. The first-order valence-corrected chi connectivity index (χ1v) is 26.8. The van der Waals surface area contributed by atoms with Crippen molar-refractivity contribution in [2.24, 2.45) is 0 Å². The molecule has 0 bridgehead atoms. The lowest BCUT2D eigenvalue weighted by Crippen LogP contribution is -2.30. The molecule has 0 spiro atoms. The third kappa shape index (κ3) is 50.0. The number of unbranched alkanes of at least 4 members (excludes halogenated alkanes) is 27. The fraction of sp³-hybridized carbons (Fsp3) is 0.772. The Kier molecular flexibility index (Phi) is 49.4. The van der Waals surface area contributed by atoms with Gasteiger partial charge in [-0.3, -0.25) is 14.4 Å². The quantitative estimate of drug-likeness (QED) is 0.0262. The molecule has 0 aromatic carbocycles. The molecule has 0 aliphatic heterocycles. The molecule has 0 saturated carbocycles. The van der Waals surface area contributed by atoms with Crippen molar-refractivity contribution >= 4 is 17.9 Å². The SMILES string of the molecule is CCCCC/C=C\C/C=C\CCCCCCCC(=O)O[C@H](COC(=O)CCC/C=C\C/C=C\C/C=C\CCCCCCCC)COC(=O)CCCCCCCCCCCCCCC. The van der Waals surface area contributed by atoms with Gasteiger partial charge in [0.2, 0.25) is 0 Å². The smallest absolute Gasteiger partial charge is 0.306 e. The Morgan fingerprint density at radius 3 is 0.984 bits per heavy atom. The summed E-state index contributed by atoms with van der Waals surface area (Å²) in [5.41, 5.74) is 0. The van der Waals surface area contributed by atoms with Crippen molar-refractivity contribution in [3.05, 3.63) is 60.8 Å². The first-order chi connectivity index (χ1) is 31.0. The lowest BCUT2D eigenvalue weighted by molar-refractivity contribution is -0.167. The molecule has 0 radical (unpaired) electrons. The van der Waals surface area contributed by atoms with Gasteiger partial charge in [-0.1, -0.05) is 223 Å². The summed E-state index contributed by atoms with van der Waals surface area (Å²) in [6.45, 7) is 6.56. The van der Waals surface area contributed by atoms with Crippen LogP contribution in [0.4, 0.5) is 0 Å². The Morgan fingerprint density at radius 2 is 0.587 bits per heavy atom. The van der Waals surface area contributed by atoms with Crippen molar-refractivity contribution in [2.45, 2.75) is 271 Å². The van der Waals surface area contributed by atoms with Gasteiger partial charge in [0.05, 0.1) is 0 Å². The van der Waals surface area contributed by atoms with Gasteiger partial charge in [-0.25, -0.2) is 0 Å². The molecule has 0 N–H and O–H groups in total. The Bertz CT molecular complexity index is 1150. The number of hydrogen-bond donors (Lipinski definition) is 0. The maximum Gasteiger partial charge on any atom is 0.306 e. The molecule has 0 heterocycles. The highest BCUT2D eigenvalue weighted by atomic mass is 16.6. The van der Waals surface area contributed by atoms with E-state index in [-0.39, 0.29) is 37.5 Å². The second-order valence-electron chi connectivity index (χ2n) is 17.8. The molecular formula is C57H100O6. The summed E-state index contributed by atoms with van der Waals surface area (Å²) in [5, 5.41) is 0. The van der Waals surface area contributed by atoms with Gasteiger partial charge in [0.1, 0.15) is 13.2 Å². The summed E-state index contributed by atoms with van der Waals surface area (Å²) in [6, 6.07) is 0. The molecule has 0 unspecified atom stereocenters. The molecule has 0 aromatic heterocycles. The van der Waals surface area contributed by atoms with Crippen LogP contribution in [0.2, 0.25) is 0 Å². The number of carbonyl (C=O) groups excluding carboxylic acids is 3. The van der Waals surface area contributed by atoms with Gasteiger partial charge in [-0.15, -0.1) is 0 Å². The number of rotatable bonds is 48. The van der Waals surface area contributed by atoms with E-state index < -0.39 is 6.10 Å². The Morgan fingerprint density at radius 1 is 0.317 bits per heavy atom. The molecule has 6 heteroatoms. The minimum Gasteiger partial charge on any atom is -0.462 e. The Labute approximate surface area is 390 Å². The summed E-state index contributed by atoms with van der Waals surface area (Å²) < 4.78 is 16.8. The zero-order valence-electron chi connectivity index (χ0n) is 41.6. The lowest BCUT2D eigenvalue weighted by atomic mass is 10.0. The topological polar surface area (TPSA) is 78.9 Å². The molecular weight excluding hydrogens is 781 g/mol. The maximum absolute atomic E-state index is 12.8. The number of hydrogen-bond acceptors (Lipinski definition) is 6. The van der Waals surface area contributed by atoms with Crippen LogP contribution in [-0.4, -0.2) is 37.2 Å². The van der Waals surface area contributed by atoms with Crippen molar-refractivity contribution in [3.63, 3.8) is 0 Å². The van der Waals surface area contributed by atoms with Crippen LogP contribution in [0.15, 0.2) is 60.8 Å². The van der Waals surface area contributed by atoms with Crippen molar-refractivity contribution in [2.75, 3.05) is 13.2 Å². The second kappa shape index (κ2) is 51.7. The number of carbonyl (C=O) groups is 3. The molecule has 0 aromatic rings. The fourth-order valence-electron chi connectivity index (χ4n) is 7.43. The van der Waals surface area contributed by atoms with E-state index in [1.54, 1.807) is 0 Å². The highest BCUT2D eigenvalue weighted by Gasteiger charge is 2.19. The fourth-order valence-corrected chi connectivity index (χ4v) is 7.43. The van der Waals surface area contributed by atoms with Crippen LogP contribution < -0.4 is 0 Å². The van der Waals surface area contributed by atoms with Gasteiger partial charge in [0.25, 0.3) is 0 Å². The summed E-state index contributed by atoms with van der Waals surface area (Å²) in [4.78, 5) is 38.0. The van der Waals surface area contributed by atoms with E-state index in [0.717, 1.165) is 83.5 Å². The van der Waals surface area contributed by atoms with E-state index in [0.29, 0.717) is 19.3 Å². The molecule has 1 atom stereocenters. The molecule has 0 aliphatic rings. The van der Waals surface area contributed by atoms with Crippen LogP contribution >= 0.6 is 0 Å². The van der Waals surface area contributed by atoms with Crippen molar-refractivity contribution < 1.29 is 28.6 Å². The largest absolute Gasteiger partial charge is 0.462 e. The standard InChI is InChI=1S/C57H100O6/c1-4-7-10-13-16-19-22-25-27-28-30-32-35-38-41-44-47-50-56(59)62-53-54(52-61-55(58)49-46-43-40-37-34-31-24-21-18-15-12-9-6-3)63-57(60)51-48-45-42-39-36-33-29-26-23-20-17-14-11-8-5-2/h17,20,25-27,29-30,32,38,41,54H,4-16,18-19,21-24,28,31,33-37,39-40,42-53H2,1-3H3/b20-17-,27-25-,29-26-,32-30-,41-38-/t54-/m0/s1. The van der Waals surface area contributed by atoms with E-state index in [1.165, 1.54) is 135 Å². The highest BCUT2D eigenvalue weighted by Crippen LogP contribution is 2.15. The number of ether oxygens (including phenoxy) is 3. The van der Waals surface area contributed by atoms with E-state index in [9.17, 15) is 14.4 Å². The molecule has 364 valence electrons. The first-order valence-electron chi connectivity index (χ1n) is 26.8. The Hall–Kier alpha value is -2.89. The van der Waals surface area contributed by atoms with Crippen LogP contribution in [0.3, 0.4) is 0 Å². The summed E-state index contributed by atoms with van der Waals surface area (Å²) in [7, 11) is 0. The lowest BCUT2D eigenvalue weighted by Gasteiger charge is -2.18. The zero-order valence-corrected chi connectivity index (χ0v) is 41.6. The highest BCUT2D eigenvalue weighted by molar-refractivity contribution is 5.71. The minimum atomic E-state index is -0.799. The summed E-state index contributed by atoms with van der Waals surface area (Å²) in [6.07, 6.45) is 63.5. The monoisotopic (exact) mass is 881 g/mol. The predicted octanol–water partition coefficient (Wildman–Crippen LogP) is 17.6. The molecule has 0 amide bonds. The van der Waals surface area contributed by atoms with Gasteiger partial charge in [0.15, 0.2) is 6.10 Å². The van der Waals surface area contributed by atoms with E-state index in [4.69, 9.17) is 14.2 Å². The van der Waals surface area contributed by atoms with Crippen molar-refractivity contribution in [1.82, 2.24) is 0 Å². The average molecular weight is 881 g/mol. The summed E-state index contributed by atoms with van der Waals surface area (Å²) >= 11 is 0. The third-order valence-electron chi connectivity index (χ3n) is 11.5.